The van der Waals surface area contributed by atoms with Crippen molar-refractivity contribution in [3.8, 4) is 0 Å². The van der Waals surface area contributed by atoms with Gasteiger partial charge < -0.3 is 10.2 Å². The highest BCUT2D eigenvalue weighted by atomic mass is 16.2. The second-order valence-electron chi connectivity index (χ2n) is 5.05. The van der Waals surface area contributed by atoms with Gasteiger partial charge in [-0.2, -0.15) is 0 Å². The molecule has 0 radical (unpaired) electrons. The molecule has 0 aromatic heterocycles. The maximum atomic E-state index is 12.1. The molecule has 1 aliphatic heterocycles. The highest BCUT2D eigenvalue weighted by Crippen LogP contribution is 2.65. The van der Waals surface area contributed by atoms with E-state index in [9.17, 15) is 4.79 Å². The van der Waals surface area contributed by atoms with Crippen molar-refractivity contribution in [2.24, 2.45) is 11.3 Å². The molecule has 14 heavy (non-hydrogen) atoms. The van der Waals surface area contributed by atoms with Gasteiger partial charge in [-0.3, -0.25) is 4.79 Å². The zero-order chi connectivity index (χ0) is 9.60. The number of hydrogen-bond donors (Lipinski definition) is 1. The monoisotopic (exact) mass is 194 g/mol. The largest absolute Gasteiger partial charge is 0.340 e. The van der Waals surface area contributed by atoms with Crippen LogP contribution in [0.1, 0.15) is 25.7 Å². The first-order valence-electron chi connectivity index (χ1n) is 5.81. The number of nitrogens with zero attached hydrogens (tertiary/aromatic N) is 1. The van der Waals surface area contributed by atoms with Gasteiger partial charge in [0.05, 0.1) is 0 Å². The molecule has 1 spiro atoms. The number of rotatable bonds is 1. The Morgan fingerprint density at radius 1 is 1.29 bits per heavy atom. The van der Waals surface area contributed by atoms with Gasteiger partial charge in [0.25, 0.3) is 0 Å². The molecule has 1 heterocycles. The van der Waals surface area contributed by atoms with E-state index in [2.05, 4.69) is 10.2 Å². The van der Waals surface area contributed by atoms with Crippen LogP contribution < -0.4 is 5.32 Å². The molecule has 2 aliphatic carbocycles. The lowest BCUT2D eigenvalue weighted by atomic mass is 9.79. The molecule has 78 valence electrons. The molecule has 3 heteroatoms. The van der Waals surface area contributed by atoms with E-state index in [1.54, 1.807) is 0 Å². The summed E-state index contributed by atoms with van der Waals surface area (Å²) in [6, 6.07) is 0. The van der Waals surface area contributed by atoms with Crippen LogP contribution in [-0.4, -0.2) is 37.0 Å². The topological polar surface area (TPSA) is 32.3 Å². The smallest absolute Gasteiger partial charge is 0.226 e. The van der Waals surface area contributed by atoms with Crippen molar-refractivity contribution in [3.63, 3.8) is 0 Å². The van der Waals surface area contributed by atoms with Gasteiger partial charge in [0, 0.05) is 32.1 Å². The van der Waals surface area contributed by atoms with Crippen molar-refractivity contribution in [2.45, 2.75) is 25.7 Å². The molecule has 1 saturated heterocycles. The van der Waals surface area contributed by atoms with Crippen molar-refractivity contribution in [3.05, 3.63) is 0 Å². The van der Waals surface area contributed by atoms with Crippen molar-refractivity contribution in [1.82, 2.24) is 10.2 Å². The minimum absolute atomic E-state index is 0.411. The van der Waals surface area contributed by atoms with Crippen LogP contribution in [0.15, 0.2) is 0 Å². The minimum atomic E-state index is 0.411. The summed E-state index contributed by atoms with van der Waals surface area (Å²) in [6.45, 7) is 3.80. The van der Waals surface area contributed by atoms with Crippen LogP contribution in [0.3, 0.4) is 0 Å². The van der Waals surface area contributed by atoms with E-state index in [0.717, 1.165) is 26.2 Å². The summed E-state index contributed by atoms with van der Waals surface area (Å²) in [4.78, 5) is 14.1. The zero-order valence-electron chi connectivity index (χ0n) is 8.59. The molecular formula is C11H18N2O. The molecule has 1 amide bonds. The SMILES string of the molecule is O=C(C1CC12CCC2)N1CCNCC1. The quantitative estimate of drug-likeness (QED) is 0.663. The highest BCUT2D eigenvalue weighted by Gasteiger charge is 2.61. The Hall–Kier alpha value is -0.570. The van der Waals surface area contributed by atoms with Gasteiger partial charge in [0.2, 0.25) is 5.91 Å². The van der Waals surface area contributed by atoms with Crippen LogP contribution in [0.4, 0.5) is 0 Å². The van der Waals surface area contributed by atoms with Gasteiger partial charge in [-0.05, 0) is 24.7 Å². The molecular weight excluding hydrogens is 176 g/mol. The molecule has 3 rings (SSSR count). The summed E-state index contributed by atoms with van der Waals surface area (Å²) in [5.74, 6) is 0.862. The fraction of sp³-hybridized carbons (Fsp3) is 0.909. The fourth-order valence-corrected chi connectivity index (χ4v) is 2.99. The van der Waals surface area contributed by atoms with Gasteiger partial charge in [0.15, 0.2) is 0 Å². The lowest BCUT2D eigenvalue weighted by Crippen LogP contribution is -2.47. The van der Waals surface area contributed by atoms with E-state index < -0.39 is 0 Å². The average Bonchev–Trinajstić information content (AvgIpc) is 2.93. The highest BCUT2D eigenvalue weighted by molar-refractivity contribution is 5.83. The van der Waals surface area contributed by atoms with E-state index in [1.807, 2.05) is 0 Å². The van der Waals surface area contributed by atoms with Gasteiger partial charge in [-0.25, -0.2) is 0 Å². The van der Waals surface area contributed by atoms with Crippen molar-refractivity contribution in [2.75, 3.05) is 26.2 Å². The van der Waals surface area contributed by atoms with Crippen LogP contribution >= 0.6 is 0 Å². The number of piperazine rings is 1. The van der Waals surface area contributed by atoms with E-state index in [4.69, 9.17) is 0 Å². The summed E-state index contributed by atoms with van der Waals surface area (Å²) in [7, 11) is 0. The Labute approximate surface area is 84.8 Å². The molecule has 0 aromatic rings. The van der Waals surface area contributed by atoms with E-state index in [1.165, 1.54) is 25.7 Å². The first-order chi connectivity index (χ1) is 6.82. The number of carbonyl (C=O) groups excluding carboxylic acids is 1. The zero-order valence-corrected chi connectivity index (χ0v) is 8.59. The third kappa shape index (κ3) is 1.18. The van der Waals surface area contributed by atoms with Crippen LogP contribution in [0.2, 0.25) is 0 Å². The number of nitrogens with one attached hydrogen (secondary N) is 1. The predicted molar refractivity (Wildman–Crippen MR) is 53.8 cm³/mol. The Morgan fingerprint density at radius 2 is 2.00 bits per heavy atom. The van der Waals surface area contributed by atoms with Crippen LogP contribution in [0.25, 0.3) is 0 Å². The first-order valence-corrected chi connectivity index (χ1v) is 5.81. The van der Waals surface area contributed by atoms with Crippen LogP contribution in [-0.2, 0) is 4.79 Å². The molecule has 3 nitrogen and oxygen atoms in total. The molecule has 0 bridgehead atoms. The maximum Gasteiger partial charge on any atom is 0.226 e. The lowest BCUT2D eigenvalue weighted by Gasteiger charge is -2.31. The summed E-state index contributed by atoms with van der Waals surface area (Å²) >= 11 is 0. The number of amides is 1. The Morgan fingerprint density at radius 3 is 2.50 bits per heavy atom. The van der Waals surface area contributed by atoms with Crippen molar-refractivity contribution >= 4 is 5.91 Å². The lowest BCUT2D eigenvalue weighted by molar-refractivity contribution is -0.134. The predicted octanol–water partition coefficient (Wildman–Crippen LogP) is 0.608. The van der Waals surface area contributed by atoms with E-state index >= 15 is 0 Å². The van der Waals surface area contributed by atoms with Crippen molar-refractivity contribution < 1.29 is 4.79 Å². The number of carbonyl (C=O) groups is 1. The first kappa shape index (κ1) is 8.72. The van der Waals surface area contributed by atoms with Gasteiger partial charge >= 0.3 is 0 Å². The second kappa shape index (κ2) is 2.96. The normalized spacial score (nSPS) is 34.0. The summed E-state index contributed by atoms with van der Waals surface area (Å²) in [6.07, 6.45) is 5.17. The molecule has 1 N–H and O–H groups in total. The standard InChI is InChI=1S/C11H18N2O/c14-10(13-6-4-12-5-7-13)9-8-11(9)2-1-3-11/h9,12H,1-8H2. The molecule has 0 aromatic carbocycles. The molecule has 1 atom stereocenters. The Balaban J connectivity index is 1.60. The minimum Gasteiger partial charge on any atom is -0.340 e. The second-order valence-corrected chi connectivity index (χ2v) is 5.05. The summed E-state index contributed by atoms with van der Waals surface area (Å²) < 4.78 is 0. The van der Waals surface area contributed by atoms with Gasteiger partial charge in [-0.1, -0.05) is 6.42 Å². The molecule has 2 saturated carbocycles. The average molecular weight is 194 g/mol. The molecule has 3 fully saturated rings. The summed E-state index contributed by atoms with van der Waals surface area (Å²) in [5.41, 5.74) is 0.502. The Bertz CT molecular complexity index is 247. The fourth-order valence-electron chi connectivity index (χ4n) is 2.99. The molecule has 1 unspecified atom stereocenters. The Kier molecular flexibility index (Phi) is 1.84. The van der Waals surface area contributed by atoms with Crippen LogP contribution in [0, 0.1) is 11.3 Å². The third-order valence-electron chi connectivity index (χ3n) is 4.27. The number of hydrogen-bond acceptors (Lipinski definition) is 2. The van der Waals surface area contributed by atoms with Gasteiger partial charge in [-0.15, -0.1) is 0 Å². The van der Waals surface area contributed by atoms with Crippen LogP contribution in [0.5, 0.6) is 0 Å². The van der Waals surface area contributed by atoms with E-state index in [-0.39, 0.29) is 0 Å². The van der Waals surface area contributed by atoms with E-state index in [0.29, 0.717) is 17.2 Å². The molecule has 3 aliphatic rings. The van der Waals surface area contributed by atoms with Crippen molar-refractivity contribution in [1.29, 1.82) is 0 Å². The summed E-state index contributed by atoms with van der Waals surface area (Å²) in [5, 5.41) is 3.28. The third-order valence-corrected chi connectivity index (χ3v) is 4.27. The maximum absolute atomic E-state index is 12.1. The van der Waals surface area contributed by atoms with Gasteiger partial charge in [0.1, 0.15) is 0 Å².